The van der Waals surface area contributed by atoms with Gasteiger partial charge in [0.15, 0.2) is 17.1 Å². The van der Waals surface area contributed by atoms with E-state index in [1.54, 1.807) is 6.20 Å². The number of amides is 2. The number of carbonyl (C=O) groups excluding carboxylic acids is 1. The predicted octanol–water partition coefficient (Wildman–Crippen LogP) is 3.85. The Kier molecular flexibility index (Phi) is 5.90. The van der Waals surface area contributed by atoms with Crippen LogP contribution in [0, 0.1) is 6.92 Å². The minimum Gasteiger partial charge on any atom is -0.486 e. The molecule has 0 saturated carbocycles. The fourth-order valence-electron chi connectivity index (χ4n) is 4.66. The van der Waals surface area contributed by atoms with Crippen molar-refractivity contribution in [2.24, 2.45) is 0 Å². The molecule has 2 aliphatic heterocycles. The van der Waals surface area contributed by atoms with Crippen LogP contribution in [0.2, 0.25) is 0 Å². The zero-order valence-electron chi connectivity index (χ0n) is 20.2. The third-order valence-corrected chi connectivity index (χ3v) is 6.60. The fourth-order valence-corrected chi connectivity index (χ4v) is 4.66. The molecular formula is C27H28N6O3. The number of benzene rings is 2. The number of aryl methyl sites for hydroxylation is 1. The van der Waals surface area contributed by atoms with Crippen molar-refractivity contribution in [2.45, 2.75) is 13.5 Å². The van der Waals surface area contributed by atoms with Crippen LogP contribution in [-0.2, 0) is 6.54 Å². The molecule has 9 nitrogen and oxygen atoms in total. The lowest BCUT2D eigenvalue weighted by Gasteiger charge is -2.34. The van der Waals surface area contributed by atoms with Crippen molar-refractivity contribution < 1.29 is 14.3 Å². The zero-order chi connectivity index (χ0) is 24.5. The summed E-state index contributed by atoms with van der Waals surface area (Å²) in [6, 6.07) is 17.7. The largest absolute Gasteiger partial charge is 0.486 e. The van der Waals surface area contributed by atoms with Gasteiger partial charge in [-0.1, -0.05) is 17.7 Å². The third kappa shape index (κ3) is 4.45. The molecule has 0 unspecified atom stereocenters. The summed E-state index contributed by atoms with van der Waals surface area (Å²) in [6.45, 7) is 6.62. The number of imidazole rings is 1. The van der Waals surface area contributed by atoms with Crippen LogP contribution in [0.5, 0.6) is 11.5 Å². The Morgan fingerprint density at radius 1 is 0.972 bits per heavy atom. The smallest absolute Gasteiger partial charge is 0.321 e. The number of urea groups is 1. The van der Waals surface area contributed by atoms with Gasteiger partial charge in [0, 0.05) is 49.8 Å². The Morgan fingerprint density at radius 3 is 2.56 bits per heavy atom. The minimum atomic E-state index is -0.109. The molecule has 2 aliphatic rings. The first-order chi connectivity index (χ1) is 17.6. The number of anilines is 1. The molecule has 0 atom stereocenters. The van der Waals surface area contributed by atoms with E-state index in [-0.39, 0.29) is 6.03 Å². The van der Waals surface area contributed by atoms with Gasteiger partial charge in [-0.25, -0.2) is 14.8 Å². The first kappa shape index (κ1) is 22.4. The number of nitrogens with zero attached hydrogens (tertiary/aromatic N) is 5. The molecule has 9 heteroatoms. The van der Waals surface area contributed by atoms with Crippen LogP contribution in [0.25, 0.3) is 16.9 Å². The molecular weight excluding hydrogens is 456 g/mol. The van der Waals surface area contributed by atoms with E-state index in [2.05, 4.69) is 51.0 Å². The van der Waals surface area contributed by atoms with E-state index in [1.807, 2.05) is 35.2 Å². The quantitative estimate of drug-likeness (QED) is 0.474. The summed E-state index contributed by atoms with van der Waals surface area (Å²) in [5.41, 5.74) is 4.70. The lowest BCUT2D eigenvalue weighted by atomic mass is 10.2. The number of piperazine rings is 1. The van der Waals surface area contributed by atoms with Gasteiger partial charge in [0.05, 0.1) is 6.54 Å². The topological polar surface area (TPSA) is 84.8 Å². The number of ether oxygens (including phenoxy) is 2. The molecule has 1 fully saturated rings. The Labute approximate surface area is 209 Å². The maximum absolute atomic E-state index is 12.9. The summed E-state index contributed by atoms with van der Waals surface area (Å²) in [7, 11) is 0. The molecule has 1 saturated heterocycles. The van der Waals surface area contributed by atoms with E-state index in [0.717, 1.165) is 35.8 Å². The SMILES string of the molecule is Cc1ccc(-n2c(CN3CCN(C(=O)Nc4ccc5c(c4)OCCO5)CC3)nc3cccnc32)cc1. The highest BCUT2D eigenvalue weighted by Crippen LogP contribution is 2.32. The Bertz CT molecular complexity index is 1390. The van der Waals surface area contributed by atoms with E-state index in [1.165, 1.54) is 5.56 Å². The van der Waals surface area contributed by atoms with Gasteiger partial charge in [-0.05, 0) is 43.3 Å². The summed E-state index contributed by atoms with van der Waals surface area (Å²) < 4.78 is 13.3. The summed E-state index contributed by atoms with van der Waals surface area (Å²) in [5, 5.41) is 2.99. The van der Waals surface area contributed by atoms with Gasteiger partial charge < -0.3 is 19.7 Å². The van der Waals surface area contributed by atoms with Crippen LogP contribution < -0.4 is 14.8 Å². The number of pyridine rings is 1. The van der Waals surface area contributed by atoms with Crippen LogP contribution in [0.1, 0.15) is 11.4 Å². The number of rotatable bonds is 4. The molecule has 184 valence electrons. The Balaban J connectivity index is 1.13. The number of carbonyl (C=O) groups is 1. The van der Waals surface area contributed by atoms with Crippen LogP contribution >= 0.6 is 0 Å². The average Bonchev–Trinajstić information content (AvgIpc) is 3.27. The van der Waals surface area contributed by atoms with E-state index < -0.39 is 0 Å². The lowest BCUT2D eigenvalue weighted by Crippen LogP contribution is -2.49. The first-order valence-corrected chi connectivity index (χ1v) is 12.2. The van der Waals surface area contributed by atoms with Crippen molar-refractivity contribution in [3.8, 4) is 17.2 Å². The number of nitrogens with one attached hydrogen (secondary N) is 1. The van der Waals surface area contributed by atoms with Crippen LogP contribution in [-0.4, -0.2) is 69.8 Å². The second-order valence-electron chi connectivity index (χ2n) is 9.10. The number of hydrogen-bond donors (Lipinski definition) is 1. The van der Waals surface area contributed by atoms with E-state index in [4.69, 9.17) is 14.5 Å². The number of aromatic nitrogens is 3. The van der Waals surface area contributed by atoms with Crippen LogP contribution in [0.3, 0.4) is 0 Å². The van der Waals surface area contributed by atoms with Gasteiger partial charge in [0.25, 0.3) is 0 Å². The van der Waals surface area contributed by atoms with Gasteiger partial charge in [-0.15, -0.1) is 0 Å². The summed E-state index contributed by atoms with van der Waals surface area (Å²) in [5.74, 6) is 2.32. The molecule has 6 rings (SSSR count). The molecule has 0 aliphatic carbocycles. The molecule has 0 bridgehead atoms. The number of hydrogen-bond acceptors (Lipinski definition) is 6. The highest BCUT2D eigenvalue weighted by atomic mass is 16.6. The lowest BCUT2D eigenvalue weighted by molar-refractivity contribution is 0.140. The molecule has 0 spiro atoms. The van der Waals surface area contributed by atoms with E-state index in [9.17, 15) is 4.79 Å². The highest BCUT2D eigenvalue weighted by molar-refractivity contribution is 5.89. The van der Waals surface area contributed by atoms with Crippen LogP contribution in [0.15, 0.2) is 60.8 Å². The van der Waals surface area contributed by atoms with Gasteiger partial charge in [0.2, 0.25) is 0 Å². The predicted molar refractivity (Wildman–Crippen MR) is 137 cm³/mol. The molecule has 4 heterocycles. The van der Waals surface area contributed by atoms with Gasteiger partial charge in [0.1, 0.15) is 24.6 Å². The van der Waals surface area contributed by atoms with Crippen molar-refractivity contribution in [2.75, 3.05) is 44.7 Å². The second kappa shape index (κ2) is 9.50. The standard InChI is InChI=1S/C27H28N6O3/c1-19-4-7-21(8-5-19)33-25(30-22-3-2-10-28-26(22)33)18-31-11-13-32(14-12-31)27(34)29-20-6-9-23-24(17-20)36-16-15-35-23/h2-10,17H,11-16,18H2,1H3,(H,29,34). The molecule has 36 heavy (non-hydrogen) atoms. The molecule has 0 radical (unpaired) electrons. The first-order valence-electron chi connectivity index (χ1n) is 12.2. The van der Waals surface area contributed by atoms with Gasteiger partial charge >= 0.3 is 6.03 Å². The molecule has 2 amide bonds. The van der Waals surface area contributed by atoms with Crippen molar-refractivity contribution in [3.63, 3.8) is 0 Å². The average molecular weight is 485 g/mol. The maximum atomic E-state index is 12.9. The maximum Gasteiger partial charge on any atom is 0.321 e. The molecule has 4 aromatic rings. The van der Waals surface area contributed by atoms with Gasteiger partial charge in [-0.2, -0.15) is 0 Å². The highest BCUT2D eigenvalue weighted by Gasteiger charge is 2.24. The second-order valence-corrected chi connectivity index (χ2v) is 9.10. The summed E-state index contributed by atoms with van der Waals surface area (Å²) >= 11 is 0. The monoisotopic (exact) mass is 484 g/mol. The zero-order valence-corrected chi connectivity index (χ0v) is 20.2. The van der Waals surface area contributed by atoms with E-state index in [0.29, 0.717) is 50.0 Å². The van der Waals surface area contributed by atoms with Crippen molar-refractivity contribution >= 4 is 22.9 Å². The van der Waals surface area contributed by atoms with Gasteiger partial charge in [-0.3, -0.25) is 9.47 Å². The molecule has 2 aromatic carbocycles. The Morgan fingerprint density at radius 2 is 1.75 bits per heavy atom. The third-order valence-electron chi connectivity index (χ3n) is 6.60. The molecule has 2 aromatic heterocycles. The van der Waals surface area contributed by atoms with Crippen molar-refractivity contribution in [1.29, 1.82) is 0 Å². The summed E-state index contributed by atoms with van der Waals surface area (Å²) in [6.07, 6.45) is 1.80. The van der Waals surface area contributed by atoms with Crippen molar-refractivity contribution in [1.82, 2.24) is 24.3 Å². The molecule has 1 N–H and O–H groups in total. The fraction of sp³-hybridized carbons (Fsp3) is 0.296. The van der Waals surface area contributed by atoms with Crippen molar-refractivity contribution in [3.05, 3.63) is 72.2 Å². The summed E-state index contributed by atoms with van der Waals surface area (Å²) in [4.78, 5) is 26.6. The normalized spacial score (nSPS) is 15.8. The van der Waals surface area contributed by atoms with Crippen LogP contribution in [0.4, 0.5) is 10.5 Å². The van der Waals surface area contributed by atoms with E-state index >= 15 is 0 Å². The Hall–Kier alpha value is -4.11. The minimum absolute atomic E-state index is 0.109. The number of fused-ring (bicyclic) bond motifs is 2.